The Hall–Kier alpha value is -2.63. The number of hydrazone groups is 1. The van der Waals surface area contributed by atoms with Crippen molar-refractivity contribution in [3.63, 3.8) is 0 Å². The quantitative estimate of drug-likeness (QED) is 0.554. The molecular weight excluding hydrogens is 349 g/mol. The largest absolute Gasteiger partial charge is 0.455 e. The Balaban J connectivity index is 1.70. The van der Waals surface area contributed by atoms with E-state index in [1.807, 2.05) is 0 Å². The molecule has 0 spiro atoms. The summed E-state index contributed by atoms with van der Waals surface area (Å²) < 4.78 is 5.63. The Morgan fingerprint density at radius 3 is 2.79 bits per heavy atom. The number of carbonyl (C=O) groups is 1. The Kier molecular flexibility index (Phi) is 4.93. The van der Waals surface area contributed by atoms with E-state index in [0.29, 0.717) is 27.1 Å². The highest BCUT2D eigenvalue weighted by Gasteiger charge is 2.10. The number of nitrogens with one attached hydrogen (secondary N) is 1. The van der Waals surface area contributed by atoms with Crippen molar-refractivity contribution >= 4 is 35.3 Å². The number of furan rings is 1. The minimum Gasteiger partial charge on any atom is -0.455 e. The van der Waals surface area contributed by atoms with E-state index in [1.165, 1.54) is 12.4 Å². The summed E-state index contributed by atoms with van der Waals surface area (Å²) in [6.07, 6.45) is 2.93. The Morgan fingerprint density at radius 2 is 2.00 bits per heavy atom. The standard InChI is InChI=1S/C17H11Cl2N3O2/c18-13-5-3-4-12(16(13)19)15-8-7-11(24-15)10-21-22-17(23)14-6-1-2-9-20-14/h1-10H,(H,22,23)/b21-10+. The normalized spacial score (nSPS) is 10.9. The van der Waals surface area contributed by atoms with Crippen LogP contribution in [-0.4, -0.2) is 17.1 Å². The molecule has 1 aromatic carbocycles. The predicted molar refractivity (Wildman–Crippen MR) is 93.5 cm³/mol. The third-order valence-electron chi connectivity index (χ3n) is 3.10. The summed E-state index contributed by atoms with van der Waals surface area (Å²) in [4.78, 5) is 15.7. The van der Waals surface area contributed by atoms with Gasteiger partial charge in [-0.1, -0.05) is 35.3 Å². The molecule has 1 amide bonds. The average molecular weight is 360 g/mol. The monoisotopic (exact) mass is 359 g/mol. The summed E-state index contributed by atoms with van der Waals surface area (Å²) in [6, 6.07) is 13.8. The summed E-state index contributed by atoms with van der Waals surface area (Å²) in [5.41, 5.74) is 3.34. The van der Waals surface area contributed by atoms with Gasteiger partial charge in [-0.15, -0.1) is 0 Å². The molecule has 0 atom stereocenters. The maximum Gasteiger partial charge on any atom is 0.289 e. The fraction of sp³-hybridized carbons (Fsp3) is 0. The van der Waals surface area contributed by atoms with Gasteiger partial charge >= 0.3 is 0 Å². The highest BCUT2D eigenvalue weighted by molar-refractivity contribution is 6.43. The molecule has 3 rings (SSSR count). The van der Waals surface area contributed by atoms with Gasteiger partial charge in [-0.25, -0.2) is 5.43 Å². The second kappa shape index (κ2) is 7.29. The zero-order valence-corrected chi connectivity index (χ0v) is 13.8. The molecule has 7 heteroatoms. The van der Waals surface area contributed by atoms with E-state index >= 15 is 0 Å². The molecule has 0 aliphatic heterocycles. The van der Waals surface area contributed by atoms with Crippen molar-refractivity contribution in [2.45, 2.75) is 0 Å². The second-order valence-corrected chi connectivity index (χ2v) is 5.50. The molecule has 2 heterocycles. The lowest BCUT2D eigenvalue weighted by Crippen LogP contribution is -2.18. The van der Waals surface area contributed by atoms with E-state index in [4.69, 9.17) is 27.6 Å². The molecule has 0 fully saturated rings. The van der Waals surface area contributed by atoms with Crippen LogP contribution in [0.1, 0.15) is 16.2 Å². The fourth-order valence-electron chi connectivity index (χ4n) is 1.97. The van der Waals surface area contributed by atoms with Crippen LogP contribution in [0.4, 0.5) is 0 Å². The van der Waals surface area contributed by atoms with Crippen LogP contribution in [0.15, 0.2) is 64.2 Å². The van der Waals surface area contributed by atoms with Gasteiger partial charge in [0, 0.05) is 11.8 Å². The molecule has 2 aromatic heterocycles. The highest BCUT2D eigenvalue weighted by atomic mass is 35.5. The van der Waals surface area contributed by atoms with E-state index in [2.05, 4.69) is 15.5 Å². The van der Waals surface area contributed by atoms with Gasteiger partial charge in [-0.3, -0.25) is 9.78 Å². The average Bonchev–Trinajstić information content (AvgIpc) is 3.06. The highest BCUT2D eigenvalue weighted by Crippen LogP contribution is 2.34. The minimum absolute atomic E-state index is 0.278. The van der Waals surface area contributed by atoms with Gasteiger partial charge in [0.2, 0.25) is 0 Å². The number of carbonyl (C=O) groups excluding carboxylic acids is 1. The number of rotatable bonds is 4. The molecule has 24 heavy (non-hydrogen) atoms. The third-order valence-corrected chi connectivity index (χ3v) is 3.92. The molecule has 0 unspecified atom stereocenters. The number of hydrogen-bond acceptors (Lipinski definition) is 4. The minimum atomic E-state index is -0.406. The molecule has 0 saturated heterocycles. The number of hydrogen-bond donors (Lipinski definition) is 1. The van der Waals surface area contributed by atoms with Crippen LogP contribution in [0.2, 0.25) is 10.0 Å². The molecule has 0 aliphatic carbocycles. The fourth-order valence-corrected chi connectivity index (χ4v) is 2.36. The van der Waals surface area contributed by atoms with Crippen LogP contribution in [0.3, 0.4) is 0 Å². The number of halogens is 2. The van der Waals surface area contributed by atoms with E-state index in [0.717, 1.165) is 0 Å². The van der Waals surface area contributed by atoms with Crippen molar-refractivity contribution in [3.8, 4) is 11.3 Å². The molecule has 1 N–H and O–H groups in total. The molecule has 120 valence electrons. The van der Waals surface area contributed by atoms with Crippen molar-refractivity contribution in [2.75, 3.05) is 0 Å². The molecule has 0 radical (unpaired) electrons. The van der Waals surface area contributed by atoms with Crippen molar-refractivity contribution in [1.29, 1.82) is 0 Å². The van der Waals surface area contributed by atoms with Gasteiger partial charge in [0.15, 0.2) is 0 Å². The van der Waals surface area contributed by atoms with Crippen molar-refractivity contribution < 1.29 is 9.21 Å². The first-order valence-electron chi connectivity index (χ1n) is 6.94. The van der Waals surface area contributed by atoms with E-state index in [-0.39, 0.29) is 5.69 Å². The molecule has 0 saturated carbocycles. The maximum atomic E-state index is 11.8. The SMILES string of the molecule is O=C(N/N=C/c1ccc(-c2cccc(Cl)c2Cl)o1)c1ccccn1. The zero-order valence-electron chi connectivity index (χ0n) is 12.2. The number of amides is 1. The Bertz CT molecular complexity index is 892. The first-order chi connectivity index (χ1) is 11.6. The number of pyridine rings is 1. The topological polar surface area (TPSA) is 67.5 Å². The lowest BCUT2D eigenvalue weighted by Gasteiger charge is -2.01. The molecule has 5 nitrogen and oxygen atoms in total. The van der Waals surface area contributed by atoms with Gasteiger partial charge in [0.25, 0.3) is 5.91 Å². The van der Waals surface area contributed by atoms with E-state index < -0.39 is 5.91 Å². The van der Waals surface area contributed by atoms with Crippen LogP contribution in [0.5, 0.6) is 0 Å². The molecule has 0 bridgehead atoms. The van der Waals surface area contributed by atoms with Gasteiger partial charge in [-0.2, -0.15) is 5.10 Å². The molecule has 0 aliphatic rings. The summed E-state index contributed by atoms with van der Waals surface area (Å²) in [7, 11) is 0. The first kappa shape index (κ1) is 16.2. The van der Waals surface area contributed by atoms with Crippen LogP contribution in [0.25, 0.3) is 11.3 Å². The Labute approximate surface area is 147 Å². The summed E-state index contributed by atoms with van der Waals surface area (Å²) in [5, 5.41) is 4.71. The van der Waals surface area contributed by atoms with E-state index in [9.17, 15) is 4.79 Å². The molecular formula is C17H11Cl2N3O2. The van der Waals surface area contributed by atoms with Crippen LogP contribution in [0, 0.1) is 0 Å². The van der Waals surface area contributed by atoms with Crippen molar-refractivity contribution in [3.05, 3.63) is 76.2 Å². The smallest absolute Gasteiger partial charge is 0.289 e. The van der Waals surface area contributed by atoms with Crippen LogP contribution in [-0.2, 0) is 0 Å². The van der Waals surface area contributed by atoms with Crippen LogP contribution < -0.4 is 5.43 Å². The maximum absolute atomic E-state index is 11.8. The predicted octanol–water partition coefficient (Wildman–Crippen LogP) is 4.41. The third kappa shape index (κ3) is 3.64. The second-order valence-electron chi connectivity index (χ2n) is 4.72. The Morgan fingerprint density at radius 1 is 1.12 bits per heavy atom. The lowest BCUT2D eigenvalue weighted by atomic mass is 10.2. The van der Waals surface area contributed by atoms with Crippen molar-refractivity contribution in [2.24, 2.45) is 5.10 Å². The summed E-state index contributed by atoms with van der Waals surface area (Å²) in [5.74, 6) is 0.610. The van der Waals surface area contributed by atoms with Gasteiger partial charge < -0.3 is 4.42 Å². The summed E-state index contributed by atoms with van der Waals surface area (Å²) >= 11 is 12.2. The summed E-state index contributed by atoms with van der Waals surface area (Å²) in [6.45, 7) is 0. The van der Waals surface area contributed by atoms with Gasteiger partial charge in [0.05, 0.1) is 16.3 Å². The van der Waals surface area contributed by atoms with Crippen LogP contribution >= 0.6 is 23.2 Å². The number of nitrogens with zero attached hydrogens (tertiary/aromatic N) is 2. The van der Waals surface area contributed by atoms with Gasteiger partial charge in [0.1, 0.15) is 17.2 Å². The number of benzene rings is 1. The lowest BCUT2D eigenvalue weighted by molar-refractivity contribution is 0.0950. The van der Waals surface area contributed by atoms with Gasteiger partial charge in [-0.05, 0) is 36.4 Å². The zero-order chi connectivity index (χ0) is 16.9. The van der Waals surface area contributed by atoms with Crippen molar-refractivity contribution in [1.82, 2.24) is 10.4 Å². The molecule has 3 aromatic rings. The first-order valence-corrected chi connectivity index (χ1v) is 7.69. The number of aromatic nitrogens is 1. The van der Waals surface area contributed by atoms with E-state index in [1.54, 1.807) is 48.5 Å².